The smallest absolute Gasteiger partial charge is 0.434 e. The zero-order valence-electron chi connectivity index (χ0n) is 15.6. The molecule has 1 aliphatic heterocycles. The van der Waals surface area contributed by atoms with Gasteiger partial charge in [0, 0.05) is 13.1 Å². The van der Waals surface area contributed by atoms with Gasteiger partial charge in [-0.05, 0) is 30.2 Å². The number of nitrogens with zero attached hydrogens (tertiary/aromatic N) is 1. The molecule has 1 unspecified atom stereocenters. The Morgan fingerprint density at radius 2 is 1.60 bits per heavy atom. The van der Waals surface area contributed by atoms with Crippen molar-refractivity contribution in [3.8, 4) is 0 Å². The van der Waals surface area contributed by atoms with Crippen LogP contribution in [-0.4, -0.2) is 48.5 Å². The van der Waals surface area contributed by atoms with Crippen molar-refractivity contribution in [3.63, 3.8) is 0 Å². The minimum atomic E-state index is -5.75. The lowest BCUT2D eigenvalue weighted by atomic mass is 9.91. The van der Waals surface area contributed by atoms with Crippen molar-refractivity contribution in [2.75, 3.05) is 13.1 Å². The van der Waals surface area contributed by atoms with Gasteiger partial charge in [0.2, 0.25) is 0 Å². The van der Waals surface area contributed by atoms with Crippen LogP contribution in [0.5, 0.6) is 0 Å². The minimum Gasteiger partial charge on any atom is -0.461 e. The van der Waals surface area contributed by atoms with E-state index in [9.17, 15) is 35.9 Å². The third-order valence-corrected chi connectivity index (χ3v) is 5.53. The normalized spacial score (nSPS) is 20.9. The highest BCUT2D eigenvalue weighted by atomic mass is 19.4. The predicted octanol–water partition coefficient (Wildman–Crippen LogP) is 4.46. The second kappa shape index (κ2) is 7.99. The zero-order chi connectivity index (χ0) is 22.2. The first-order valence-corrected chi connectivity index (χ1v) is 9.22. The average molecular weight is 439 g/mol. The van der Waals surface area contributed by atoms with Gasteiger partial charge in [0.25, 0.3) is 6.10 Å². The number of ether oxygens (including phenoxy) is 2. The molecule has 2 aliphatic rings. The van der Waals surface area contributed by atoms with Gasteiger partial charge in [0.15, 0.2) is 0 Å². The van der Waals surface area contributed by atoms with Gasteiger partial charge < -0.3 is 14.4 Å². The van der Waals surface area contributed by atoms with Crippen molar-refractivity contribution in [2.24, 2.45) is 11.3 Å². The number of hydrogen-bond acceptors (Lipinski definition) is 4. The molecular weight excluding hydrogens is 420 g/mol. The van der Waals surface area contributed by atoms with Gasteiger partial charge in [-0.1, -0.05) is 30.3 Å². The van der Waals surface area contributed by atoms with Crippen molar-refractivity contribution in [1.29, 1.82) is 0 Å². The van der Waals surface area contributed by atoms with Gasteiger partial charge in [0.05, 0.1) is 5.92 Å². The number of hydrogen-bond donors (Lipinski definition) is 0. The molecule has 1 amide bonds. The standard InChI is InChI=1S/C19H19F6NO4/c20-18(21,22)15(19(23,24)25)30-16(28)26-8-6-17(7-9-26)10-13(17)14(27)29-11-12-4-2-1-3-5-12/h1-5,13,15H,6-11H2. The van der Waals surface area contributed by atoms with Crippen LogP contribution in [0.1, 0.15) is 24.8 Å². The summed E-state index contributed by atoms with van der Waals surface area (Å²) in [6.45, 7) is -0.0750. The van der Waals surface area contributed by atoms with E-state index in [2.05, 4.69) is 4.74 Å². The van der Waals surface area contributed by atoms with E-state index < -0.39 is 41.9 Å². The highest BCUT2D eigenvalue weighted by molar-refractivity contribution is 5.77. The number of carbonyl (C=O) groups excluding carboxylic acids is 2. The number of piperidine rings is 1. The quantitative estimate of drug-likeness (QED) is 0.514. The second-order valence-corrected chi connectivity index (χ2v) is 7.55. The van der Waals surface area contributed by atoms with Crippen LogP contribution in [0, 0.1) is 11.3 Å². The predicted molar refractivity (Wildman–Crippen MR) is 90.0 cm³/mol. The molecule has 1 saturated carbocycles. The molecule has 1 heterocycles. The van der Waals surface area contributed by atoms with E-state index in [0.717, 1.165) is 10.5 Å². The van der Waals surface area contributed by atoms with E-state index >= 15 is 0 Å². The Morgan fingerprint density at radius 1 is 1.03 bits per heavy atom. The van der Waals surface area contributed by atoms with Gasteiger partial charge in [-0.25, -0.2) is 4.79 Å². The molecular formula is C19H19F6NO4. The summed E-state index contributed by atoms with van der Waals surface area (Å²) in [5, 5.41) is 0. The summed E-state index contributed by atoms with van der Waals surface area (Å²) in [7, 11) is 0. The summed E-state index contributed by atoms with van der Waals surface area (Å²) in [5.74, 6) is -0.790. The highest BCUT2D eigenvalue weighted by Gasteiger charge is 2.62. The lowest BCUT2D eigenvalue weighted by Gasteiger charge is -2.33. The number of amides is 1. The van der Waals surface area contributed by atoms with E-state index in [1.807, 2.05) is 6.07 Å². The molecule has 1 saturated heterocycles. The Balaban J connectivity index is 1.49. The van der Waals surface area contributed by atoms with Crippen LogP contribution in [0.25, 0.3) is 0 Å². The van der Waals surface area contributed by atoms with Gasteiger partial charge in [-0.2, -0.15) is 26.3 Å². The Labute approximate surface area is 167 Å². The molecule has 30 heavy (non-hydrogen) atoms. The van der Waals surface area contributed by atoms with Crippen molar-refractivity contribution in [2.45, 2.75) is 44.3 Å². The van der Waals surface area contributed by atoms with Crippen LogP contribution in [0.3, 0.4) is 0 Å². The van der Waals surface area contributed by atoms with E-state index in [-0.39, 0.29) is 32.5 Å². The van der Waals surface area contributed by atoms with E-state index in [1.165, 1.54) is 0 Å². The monoisotopic (exact) mass is 439 g/mol. The number of halogens is 6. The molecule has 5 nitrogen and oxygen atoms in total. The summed E-state index contributed by atoms with van der Waals surface area (Å²) < 4.78 is 84.3. The lowest BCUT2D eigenvalue weighted by molar-refractivity contribution is -0.308. The Hall–Kier alpha value is -2.46. The zero-order valence-corrected chi connectivity index (χ0v) is 15.6. The first-order chi connectivity index (χ1) is 13.9. The molecule has 1 atom stereocenters. The SMILES string of the molecule is O=C(OCc1ccccc1)C1CC12CCN(C(=O)OC(C(F)(F)F)C(F)(F)F)CC2. The molecule has 0 radical (unpaired) electrons. The summed E-state index contributed by atoms with van der Waals surface area (Å²) in [6, 6.07) is 9.04. The van der Waals surface area contributed by atoms with Crippen molar-refractivity contribution >= 4 is 12.1 Å². The number of esters is 1. The van der Waals surface area contributed by atoms with Gasteiger partial charge in [-0.15, -0.1) is 0 Å². The number of benzene rings is 1. The first kappa shape index (κ1) is 22.2. The van der Waals surface area contributed by atoms with E-state index in [0.29, 0.717) is 6.42 Å². The Bertz CT molecular complexity index is 757. The largest absolute Gasteiger partial charge is 0.461 e. The molecule has 3 rings (SSSR count). The second-order valence-electron chi connectivity index (χ2n) is 7.55. The van der Waals surface area contributed by atoms with Crippen LogP contribution in [-0.2, 0) is 20.9 Å². The third-order valence-electron chi connectivity index (χ3n) is 5.53. The average Bonchev–Trinajstić information content (AvgIpc) is 3.37. The molecule has 166 valence electrons. The van der Waals surface area contributed by atoms with E-state index in [4.69, 9.17) is 4.74 Å². The highest BCUT2D eigenvalue weighted by Crippen LogP contribution is 2.60. The van der Waals surface area contributed by atoms with Gasteiger partial charge in [-0.3, -0.25) is 4.79 Å². The number of likely N-dealkylation sites (tertiary alicyclic amines) is 1. The minimum absolute atomic E-state index is 0.0935. The van der Waals surface area contributed by atoms with Crippen LogP contribution >= 0.6 is 0 Å². The summed E-state index contributed by atoms with van der Waals surface area (Å²) in [4.78, 5) is 24.9. The molecule has 2 fully saturated rings. The Morgan fingerprint density at radius 3 is 2.13 bits per heavy atom. The van der Waals surface area contributed by atoms with Crippen molar-refractivity contribution in [1.82, 2.24) is 4.90 Å². The van der Waals surface area contributed by atoms with Gasteiger partial charge >= 0.3 is 24.4 Å². The molecule has 1 aliphatic carbocycles. The summed E-state index contributed by atoms with van der Waals surface area (Å²) in [6.07, 6.45) is -16.3. The Kier molecular flexibility index (Phi) is 5.92. The van der Waals surface area contributed by atoms with Crippen LogP contribution < -0.4 is 0 Å². The maximum absolute atomic E-state index is 12.5. The molecule has 1 aromatic carbocycles. The maximum atomic E-state index is 12.5. The van der Waals surface area contributed by atoms with Crippen LogP contribution in [0.2, 0.25) is 0 Å². The molecule has 0 aromatic heterocycles. The fraction of sp³-hybridized carbons (Fsp3) is 0.579. The summed E-state index contributed by atoms with van der Waals surface area (Å²) >= 11 is 0. The fourth-order valence-corrected chi connectivity index (χ4v) is 3.69. The van der Waals surface area contributed by atoms with Crippen LogP contribution in [0.15, 0.2) is 30.3 Å². The number of alkyl halides is 6. The van der Waals surface area contributed by atoms with Crippen molar-refractivity contribution < 1.29 is 45.4 Å². The van der Waals surface area contributed by atoms with Crippen molar-refractivity contribution in [3.05, 3.63) is 35.9 Å². The molecule has 1 spiro atoms. The molecule has 0 bridgehead atoms. The third kappa shape index (κ3) is 4.99. The number of carbonyl (C=O) groups is 2. The number of rotatable bonds is 4. The first-order valence-electron chi connectivity index (χ1n) is 9.22. The molecule has 0 N–H and O–H groups in total. The van der Waals surface area contributed by atoms with Crippen LogP contribution in [0.4, 0.5) is 31.1 Å². The van der Waals surface area contributed by atoms with Gasteiger partial charge in [0.1, 0.15) is 6.61 Å². The molecule has 11 heteroatoms. The summed E-state index contributed by atoms with van der Waals surface area (Å²) in [5.41, 5.74) is 0.389. The fourth-order valence-electron chi connectivity index (χ4n) is 3.69. The van der Waals surface area contributed by atoms with E-state index in [1.54, 1.807) is 24.3 Å². The molecule has 1 aromatic rings. The topological polar surface area (TPSA) is 55.8 Å². The maximum Gasteiger partial charge on any atom is 0.434 e. The lowest BCUT2D eigenvalue weighted by Crippen LogP contribution is -2.49.